The number of nitrogens with two attached hydrogens (primary N) is 2. The molecule has 28 heavy (non-hydrogen) atoms. The summed E-state index contributed by atoms with van der Waals surface area (Å²) in [6, 6.07) is 5.21. The van der Waals surface area contributed by atoms with Crippen LogP contribution in [0.25, 0.3) is 21.3 Å². The molecular weight excluding hydrogens is 402 g/mol. The minimum Gasteiger partial charge on any atom is -0.398 e. The Kier molecular flexibility index (Phi) is 4.06. The first kappa shape index (κ1) is 18.3. The van der Waals surface area contributed by atoms with Gasteiger partial charge < -0.3 is 15.7 Å². The van der Waals surface area contributed by atoms with Crippen LogP contribution < -0.4 is 16.4 Å². The zero-order valence-corrected chi connectivity index (χ0v) is 16.2. The molecule has 4 aromatic rings. The molecule has 3 heterocycles. The molecule has 0 spiro atoms. The molecule has 0 saturated carbocycles. The molecule has 0 aliphatic rings. The molecule has 0 fully saturated rings. The van der Waals surface area contributed by atoms with E-state index in [1.54, 1.807) is 25.2 Å². The second-order valence-corrected chi connectivity index (χ2v) is 8.90. The first-order valence-electron chi connectivity index (χ1n) is 7.98. The van der Waals surface area contributed by atoms with E-state index in [9.17, 15) is 13.2 Å². The van der Waals surface area contributed by atoms with E-state index in [-0.39, 0.29) is 16.4 Å². The van der Waals surface area contributed by atoms with Gasteiger partial charge in [0.25, 0.3) is 15.6 Å². The number of sulfonamides is 1. The van der Waals surface area contributed by atoms with Crippen molar-refractivity contribution in [3.8, 4) is 0 Å². The van der Waals surface area contributed by atoms with Gasteiger partial charge in [-0.3, -0.25) is 4.79 Å². The number of hydrogen-bond donors (Lipinski definition) is 3. The minimum atomic E-state index is -3.93. The maximum absolute atomic E-state index is 13.0. The van der Waals surface area contributed by atoms with E-state index in [1.807, 2.05) is 0 Å². The van der Waals surface area contributed by atoms with Crippen molar-refractivity contribution >= 4 is 54.5 Å². The number of fused-ring (bicyclic) bond motifs is 3. The highest BCUT2D eigenvalue weighted by Crippen LogP contribution is 2.32. The zero-order chi connectivity index (χ0) is 20.2. The van der Waals surface area contributed by atoms with E-state index in [2.05, 4.69) is 10.1 Å². The standard InChI is InChI=1S/C16H15N7O3S2/c1-22-12-10(13-14(22)21-16(27-13)28(19,25)26)6-20-23(15(12)24)7-8-3-2-4-11(18)9(8)5-17/h2-6,17H,7,18H2,1H3,(H2,19,25,26). The van der Waals surface area contributed by atoms with E-state index >= 15 is 0 Å². The van der Waals surface area contributed by atoms with Gasteiger partial charge in [-0.25, -0.2) is 23.2 Å². The molecule has 0 radical (unpaired) electrons. The smallest absolute Gasteiger partial charge is 0.291 e. The molecule has 0 bridgehead atoms. The van der Waals surface area contributed by atoms with Crippen molar-refractivity contribution in [3.63, 3.8) is 0 Å². The van der Waals surface area contributed by atoms with Crippen molar-refractivity contribution in [1.82, 2.24) is 19.3 Å². The number of aryl methyl sites for hydroxylation is 1. The van der Waals surface area contributed by atoms with Gasteiger partial charge >= 0.3 is 0 Å². The second kappa shape index (κ2) is 6.22. The Morgan fingerprint density at radius 1 is 1.36 bits per heavy atom. The lowest BCUT2D eigenvalue weighted by atomic mass is 10.1. The van der Waals surface area contributed by atoms with Crippen LogP contribution in [-0.4, -0.2) is 34.0 Å². The minimum absolute atomic E-state index is 0.138. The molecule has 0 unspecified atom stereocenters. The number of nitrogen functional groups attached to an aromatic ring is 1. The maximum Gasteiger partial charge on any atom is 0.291 e. The van der Waals surface area contributed by atoms with Gasteiger partial charge in [-0.2, -0.15) is 5.10 Å². The number of nitrogens with one attached hydrogen (secondary N) is 1. The summed E-state index contributed by atoms with van der Waals surface area (Å²) in [7, 11) is -2.30. The van der Waals surface area contributed by atoms with E-state index in [4.69, 9.17) is 16.3 Å². The topological polar surface area (TPSA) is 163 Å². The highest BCUT2D eigenvalue weighted by atomic mass is 32.2. The summed E-state index contributed by atoms with van der Waals surface area (Å²) < 4.78 is 26.3. The summed E-state index contributed by atoms with van der Waals surface area (Å²) in [5.74, 6) is 0. The fourth-order valence-electron chi connectivity index (χ4n) is 3.11. The van der Waals surface area contributed by atoms with Crippen LogP contribution in [0.2, 0.25) is 0 Å². The Balaban J connectivity index is 1.91. The van der Waals surface area contributed by atoms with Crippen molar-refractivity contribution < 1.29 is 8.42 Å². The predicted octanol–water partition coefficient (Wildman–Crippen LogP) is 0.620. The van der Waals surface area contributed by atoms with Crippen LogP contribution in [0.1, 0.15) is 11.1 Å². The molecule has 10 nitrogen and oxygen atoms in total. The monoisotopic (exact) mass is 417 g/mol. The van der Waals surface area contributed by atoms with Crippen LogP contribution in [0, 0.1) is 5.41 Å². The van der Waals surface area contributed by atoms with Gasteiger partial charge in [0.15, 0.2) is 5.65 Å². The summed E-state index contributed by atoms with van der Waals surface area (Å²) in [5, 5.41) is 17.4. The Bertz CT molecular complexity index is 1430. The number of nitrogens with zero attached hydrogens (tertiary/aromatic N) is 4. The third-order valence-corrected chi connectivity index (χ3v) is 6.84. The highest BCUT2D eigenvalue weighted by Gasteiger charge is 2.22. The molecule has 3 aromatic heterocycles. The first-order chi connectivity index (χ1) is 13.2. The zero-order valence-electron chi connectivity index (χ0n) is 14.6. The quantitative estimate of drug-likeness (QED) is 0.325. The Morgan fingerprint density at radius 2 is 2.11 bits per heavy atom. The average Bonchev–Trinajstić information content (AvgIpc) is 3.17. The van der Waals surface area contributed by atoms with Gasteiger partial charge in [0.1, 0.15) is 5.52 Å². The Hall–Kier alpha value is -3.09. The van der Waals surface area contributed by atoms with Crippen LogP contribution >= 0.6 is 11.3 Å². The van der Waals surface area contributed by atoms with Crippen LogP contribution in [0.3, 0.4) is 0 Å². The summed E-state index contributed by atoms with van der Waals surface area (Å²) >= 11 is 0.902. The van der Waals surface area contributed by atoms with Crippen molar-refractivity contribution in [1.29, 1.82) is 5.41 Å². The van der Waals surface area contributed by atoms with Crippen molar-refractivity contribution in [2.24, 2.45) is 12.2 Å². The highest BCUT2D eigenvalue weighted by molar-refractivity contribution is 7.91. The van der Waals surface area contributed by atoms with Gasteiger partial charge in [-0.1, -0.05) is 23.5 Å². The lowest BCUT2D eigenvalue weighted by molar-refractivity contribution is 0.597. The fourth-order valence-corrected chi connectivity index (χ4v) is 4.88. The number of hydrogen-bond acceptors (Lipinski definition) is 8. The van der Waals surface area contributed by atoms with Gasteiger partial charge in [-0.05, 0) is 11.6 Å². The van der Waals surface area contributed by atoms with Crippen LogP contribution in [-0.2, 0) is 23.6 Å². The third-order valence-electron chi connectivity index (χ3n) is 4.44. The summed E-state index contributed by atoms with van der Waals surface area (Å²) in [4.78, 5) is 17.1. The first-order valence-corrected chi connectivity index (χ1v) is 10.3. The van der Waals surface area contributed by atoms with Gasteiger partial charge in [-0.15, -0.1) is 0 Å². The molecule has 144 valence electrons. The number of aromatic nitrogens is 4. The fraction of sp³-hybridized carbons (Fsp3) is 0.125. The molecule has 0 saturated heterocycles. The average molecular weight is 417 g/mol. The molecule has 0 atom stereocenters. The molecule has 1 aromatic carbocycles. The largest absolute Gasteiger partial charge is 0.398 e. The Labute approximate surface area is 162 Å². The predicted molar refractivity (Wildman–Crippen MR) is 107 cm³/mol. The summed E-state index contributed by atoms with van der Waals surface area (Å²) in [5.41, 5.74) is 7.90. The van der Waals surface area contributed by atoms with Gasteiger partial charge in [0, 0.05) is 29.9 Å². The molecular formula is C16H15N7O3S2. The maximum atomic E-state index is 13.0. The number of primary sulfonamides is 1. The molecule has 5 N–H and O–H groups in total. The van der Waals surface area contributed by atoms with Gasteiger partial charge in [0.2, 0.25) is 4.34 Å². The van der Waals surface area contributed by atoms with Crippen LogP contribution in [0.4, 0.5) is 5.69 Å². The van der Waals surface area contributed by atoms with Crippen LogP contribution in [0.15, 0.2) is 33.5 Å². The summed E-state index contributed by atoms with van der Waals surface area (Å²) in [6.45, 7) is 0.138. The Morgan fingerprint density at radius 3 is 2.79 bits per heavy atom. The molecule has 0 amide bonds. The lowest BCUT2D eigenvalue weighted by Gasteiger charge is -2.10. The number of rotatable bonds is 4. The van der Waals surface area contributed by atoms with Crippen LogP contribution in [0.5, 0.6) is 0 Å². The van der Waals surface area contributed by atoms with E-state index < -0.39 is 10.0 Å². The van der Waals surface area contributed by atoms with E-state index in [0.29, 0.717) is 38.1 Å². The molecule has 0 aliphatic heterocycles. The van der Waals surface area contributed by atoms with Crippen molar-refractivity contribution in [2.75, 3.05) is 5.73 Å². The lowest BCUT2D eigenvalue weighted by Crippen LogP contribution is -2.25. The van der Waals surface area contributed by atoms with Gasteiger partial charge in [0.05, 0.1) is 17.4 Å². The summed E-state index contributed by atoms with van der Waals surface area (Å²) in [6.07, 6.45) is 2.64. The number of benzene rings is 1. The molecule has 12 heteroatoms. The molecule has 4 rings (SSSR count). The second-order valence-electron chi connectivity index (χ2n) is 6.17. The SMILES string of the molecule is Cn1c2nc(S(N)(=O)=O)sc2c2cnn(Cc3cccc(N)c3C=N)c(=O)c21. The van der Waals surface area contributed by atoms with E-state index in [0.717, 1.165) is 17.6 Å². The molecule has 0 aliphatic carbocycles. The third kappa shape index (κ3) is 2.69. The normalized spacial score (nSPS) is 12.1. The number of anilines is 1. The number of thiazole rings is 1. The van der Waals surface area contributed by atoms with E-state index in [1.165, 1.54) is 15.4 Å². The van der Waals surface area contributed by atoms with Crippen molar-refractivity contribution in [3.05, 3.63) is 45.9 Å². The van der Waals surface area contributed by atoms with Crippen molar-refractivity contribution in [2.45, 2.75) is 10.9 Å².